The predicted octanol–water partition coefficient (Wildman–Crippen LogP) is 2.35. The third kappa shape index (κ3) is 2.94. The van der Waals surface area contributed by atoms with Gasteiger partial charge in [0.25, 0.3) is 0 Å². The van der Waals surface area contributed by atoms with E-state index >= 15 is 0 Å². The van der Waals surface area contributed by atoms with Crippen LogP contribution >= 0.6 is 0 Å². The Hall–Kier alpha value is -1.61. The quantitative estimate of drug-likeness (QED) is 0.853. The average molecular weight is 229 g/mol. The van der Waals surface area contributed by atoms with Crippen LogP contribution in [0.5, 0.6) is 0 Å². The first-order chi connectivity index (χ1) is 8.31. The zero-order valence-electron chi connectivity index (χ0n) is 10.5. The maximum atomic E-state index is 4.33. The van der Waals surface area contributed by atoms with E-state index in [1.807, 2.05) is 16.9 Å². The molecule has 1 N–H and O–H groups in total. The highest BCUT2D eigenvalue weighted by Gasteiger charge is 2.03. The van der Waals surface area contributed by atoms with Crippen LogP contribution in [-0.4, -0.2) is 16.3 Å². The molecule has 3 heteroatoms. The standard InChI is InChI=1S/C14H19N3/c1-3-15-10-13-6-4-5-7-14(13)11-17-12(2)8-9-16-17/h4-9,15H,3,10-11H2,1-2H3. The Morgan fingerprint density at radius 3 is 2.59 bits per heavy atom. The monoisotopic (exact) mass is 229 g/mol. The van der Waals surface area contributed by atoms with Crippen molar-refractivity contribution >= 4 is 0 Å². The van der Waals surface area contributed by atoms with Gasteiger partial charge < -0.3 is 5.32 Å². The molecule has 90 valence electrons. The van der Waals surface area contributed by atoms with Crippen LogP contribution in [0, 0.1) is 6.92 Å². The van der Waals surface area contributed by atoms with E-state index in [-0.39, 0.29) is 0 Å². The minimum Gasteiger partial charge on any atom is -0.313 e. The Labute approximate surface area is 102 Å². The second-order valence-corrected chi connectivity index (χ2v) is 4.18. The predicted molar refractivity (Wildman–Crippen MR) is 69.9 cm³/mol. The number of benzene rings is 1. The summed E-state index contributed by atoms with van der Waals surface area (Å²) in [5, 5.41) is 7.70. The first-order valence-corrected chi connectivity index (χ1v) is 6.07. The fourth-order valence-electron chi connectivity index (χ4n) is 1.87. The highest BCUT2D eigenvalue weighted by molar-refractivity contribution is 5.27. The summed E-state index contributed by atoms with van der Waals surface area (Å²) >= 11 is 0. The zero-order chi connectivity index (χ0) is 12.1. The Balaban J connectivity index is 2.17. The van der Waals surface area contributed by atoms with Crippen LogP contribution in [0.15, 0.2) is 36.5 Å². The maximum Gasteiger partial charge on any atom is 0.0665 e. The molecule has 0 bridgehead atoms. The third-order valence-corrected chi connectivity index (χ3v) is 2.93. The van der Waals surface area contributed by atoms with Gasteiger partial charge in [-0.2, -0.15) is 5.10 Å². The molecule has 0 spiro atoms. The third-order valence-electron chi connectivity index (χ3n) is 2.93. The van der Waals surface area contributed by atoms with E-state index < -0.39 is 0 Å². The molecule has 3 nitrogen and oxygen atoms in total. The second-order valence-electron chi connectivity index (χ2n) is 4.18. The molecule has 2 aromatic rings. The van der Waals surface area contributed by atoms with E-state index in [1.165, 1.54) is 16.8 Å². The summed E-state index contributed by atoms with van der Waals surface area (Å²) in [5.41, 5.74) is 3.88. The van der Waals surface area contributed by atoms with Crippen LogP contribution in [0.4, 0.5) is 0 Å². The molecule has 1 aromatic heterocycles. The maximum absolute atomic E-state index is 4.33. The number of nitrogens with one attached hydrogen (secondary N) is 1. The summed E-state index contributed by atoms with van der Waals surface area (Å²) in [6, 6.07) is 10.6. The number of hydrogen-bond acceptors (Lipinski definition) is 2. The molecule has 0 aliphatic heterocycles. The molecule has 0 unspecified atom stereocenters. The fraction of sp³-hybridized carbons (Fsp3) is 0.357. The summed E-state index contributed by atoms with van der Waals surface area (Å²) in [6.07, 6.45) is 1.85. The first kappa shape index (κ1) is 11.9. The minimum atomic E-state index is 0.848. The van der Waals surface area contributed by atoms with Gasteiger partial charge in [0.15, 0.2) is 0 Å². The first-order valence-electron chi connectivity index (χ1n) is 6.07. The van der Waals surface area contributed by atoms with Crippen molar-refractivity contribution in [2.75, 3.05) is 6.54 Å². The Bertz CT molecular complexity index is 474. The van der Waals surface area contributed by atoms with E-state index in [1.54, 1.807) is 0 Å². The van der Waals surface area contributed by atoms with Crippen molar-refractivity contribution < 1.29 is 0 Å². The molecule has 0 saturated carbocycles. The number of hydrogen-bond donors (Lipinski definition) is 1. The number of rotatable bonds is 5. The van der Waals surface area contributed by atoms with Crippen molar-refractivity contribution in [3.63, 3.8) is 0 Å². The summed E-state index contributed by atoms with van der Waals surface area (Å²) in [4.78, 5) is 0. The lowest BCUT2D eigenvalue weighted by molar-refractivity contribution is 0.650. The molecule has 1 heterocycles. The van der Waals surface area contributed by atoms with E-state index in [9.17, 15) is 0 Å². The van der Waals surface area contributed by atoms with Gasteiger partial charge in [-0.1, -0.05) is 31.2 Å². The number of aryl methyl sites for hydroxylation is 1. The lowest BCUT2D eigenvalue weighted by Gasteiger charge is -2.11. The number of aromatic nitrogens is 2. The molecular weight excluding hydrogens is 210 g/mol. The molecule has 0 amide bonds. The minimum absolute atomic E-state index is 0.848. The molecular formula is C14H19N3. The smallest absolute Gasteiger partial charge is 0.0665 e. The highest BCUT2D eigenvalue weighted by Crippen LogP contribution is 2.11. The molecule has 0 atom stereocenters. The van der Waals surface area contributed by atoms with Crippen molar-refractivity contribution in [1.82, 2.24) is 15.1 Å². The van der Waals surface area contributed by atoms with Crippen LogP contribution in [0.1, 0.15) is 23.7 Å². The second kappa shape index (κ2) is 5.64. The van der Waals surface area contributed by atoms with E-state index in [4.69, 9.17) is 0 Å². The fourth-order valence-corrected chi connectivity index (χ4v) is 1.87. The van der Waals surface area contributed by atoms with E-state index in [0.717, 1.165) is 19.6 Å². The van der Waals surface area contributed by atoms with Gasteiger partial charge >= 0.3 is 0 Å². The molecule has 0 saturated heterocycles. The van der Waals surface area contributed by atoms with Gasteiger partial charge in [-0.3, -0.25) is 4.68 Å². The van der Waals surface area contributed by atoms with Gasteiger partial charge in [0.2, 0.25) is 0 Å². The Kier molecular flexibility index (Phi) is 3.94. The van der Waals surface area contributed by atoms with Gasteiger partial charge in [0.05, 0.1) is 6.54 Å². The Morgan fingerprint density at radius 2 is 1.94 bits per heavy atom. The van der Waals surface area contributed by atoms with Gasteiger partial charge in [0.1, 0.15) is 0 Å². The SMILES string of the molecule is CCNCc1ccccc1Cn1nccc1C. The van der Waals surface area contributed by atoms with Crippen molar-refractivity contribution in [3.05, 3.63) is 53.3 Å². The molecule has 1 aromatic carbocycles. The molecule has 17 heavy (non-hydrogen) atoms. The van der Waals surface area contributed by atoms with E-state index in [2.05, 4.69) is 48.5 Å². The average Bonchev–Trinajstić information content (AvgIpc) is 2.74. The van der Waals surface area contributed by atoms with E-state index in [0.29, 0.717) is 0 Å². The van der Waals surface area contributed by atoms with Crippen LogP contribution in [-0.2, 0) is 13.1 Å². The summed E-state index contributed by atoms with van der Waals surface area (Å²) in [7, 11) is 0. The topological polar surface area (TPSA) is 29.9 Å². The summed E-state index contributed by atoms with van der Waals surface area (Å²) in [5.74, 6) is 0. The van der Waals surface area contributed by atoms with Crippen molar-refractivity contribution in [2.24, 2.45) is 0 Å². The van der Waals surface area contributed by atoms with Crippen LogP contribution in [0.25, 0.3) is 0 Å². The Morgan fingerprint density at radius 1 is 1.18 bits per heavy atom. The van der Waals surface area contributed by atoms with Crippen molar-refractivity contribution in [1.29, 1.82) is 0 Å². The molecule has 2 rings (SSSR count). The zero-order valence-corrected chi connectivity index (χ0v) is 10.5. The van der Waals surface area contributed by atoms with Crippen molar-refractivity contribution in [2.45, 2.75) is 26.9 Å². The van der Waals surface area contributed by atoms with Gasteiger partial charge in [-0.05, 0) is 30.7 Å². The van der Waals surface area contributed by atoms with Crippen molar-refractivity contribution in [3.8, 4) is 0 Å². The lowest BCUT2D eigenvalue weighted by Crippen LogP contribution is -2.14. The molecule has 0 fully saturated rings. The molecule has 0 aliphatic rings. The van der Waals surface area contributed by atoms with Gasteiger partial charge in [-0.15, -0.1) is 0 Å². The highest BCUT2D eigenvalue weighted by atomic mass is 15.3. The van der Waals surface area contributed by atoms with Gasteiger partial charge in [0, 0.05) is 18.4 Å². The summed E-state index contributed by atoms with van der Waals surface area (Å²) < 4.78 is 2.03. The molecule has 0 radical (unpaired) electrons. The summed E-state index contributed by atoms with van der Waals surface area (Å²) in [6.45, 7) is 6.97. The van der Waals surface area contributed by atoms with Crippen LogP contribution in [0.2, 0.25) is 0 Å². The largest absolute Gasteiger partial charge is 0.313 e. The lowest BCUT2D eigenvalue weighted by atomic mass is 10.1. The molecule has 0 aliphatic carbocycles. The van der Waals surface area contributed by atoms with Crippen LogP contribution in [0.3, 0.4) is 0 Å². The number of nitrogens with zero attached hydrogens (tertiary/aromatic N) is 2. The van der Waals surface area contributed by atoms with Gasteiger partial charge in [-0.25, -0.2) is 0 Å². The van der Waals surface area contributed by atoms with Crippen LogP contribution < -0.4 is 5.32 Å². The normalized spacial score (nSPS) is 10.7.